The van der Waals surface area contributed by atoms with E-state index in [1.165, 1.54) is 18.2 Å². The second-order valence-electron chi connectivity index (χ2n) is 4.92. The van der Waals surface area contributed by atoms with E-state index in [4.69, 9.17) is 10.00 Å². The number of halogens is 2. The van der Waals surface area contributed by atoms with Crippen LogP contribution in [0.2, 0.25) is 0 Å². The molecule has 1 aliphatic heterocycles. The number of nitriles is 1. The van der Waals surface area contributed by atoms with Crippen LogP contribution in [0.1, 0.15) is 15.9 Å². The van der Waals surface area contributed by atoms with Gasteiger partial charge in [0, 0.05) is 13.1 Å². The summed E-state index contributed by atoms with van der Waals surface area (Å²) in [5, 5.41) is 8.86. The molecule has 0 saturated heterocycles. The first kappa shape index (κ1) is 16.4. The van der Waals surface area contributed by atoms with Crippen molar-refractivity contribution in [1.29, 1.82) is 5.26 Å². The van der Waals surface area contributed by atoms with Crippen LogP contribution in [0.5, 0.6) is 11.5 Å². The van der Waals surface area contributed by atoms with Gasteiger partial charge in [0.05, 0.1) is 21.7 Å². The summed E-state index contributed by atoms with van der Waals surface area (Å²) in [7, 11) is -2.70. The average Bonchev–Trinajstić information content (AvgIpc) is 2.70. The second-order valence-corrected chi connectivity index (χ2v) is 7.65. The zero-order chi connectivity index (χ0) is 17.6. The number of carbonyl (C=O) groups is 1. The fourth-order valence-electron chi connectivity index (χ4n) is 2.26. The van der Waals surface area contributed by atoms with Gasteiger partial charge < -0.3 is 4.74 Å². The lowest BCUT2D eigenvalue weighted by Crippen LogP contribution is -2.24. The molecule has 1 amide bonds. The van der Waals surface area contributed by atoms with Crippen molar-refractivity contribution < 1.29 is 22.3 Å². The Kier molecular flexibility index (Phi) is 3.81. The maximum absolute atomic E-state index is 13.5. The number of rotatable bonds is 2. The lowest BCUT2D eigenvalue weighted by atomic mass is 10.2. The second kappa shape index (κ2) is 5.58. The van der Waals surface area contributed by atoms with Gasteiger partial charge in [-0.05, 0) is 40.2 Å². The van der Waals surface area contributed by atoms with Crippen LogP contribution in [-0.2, 0) is 10.0 Å². The van der Waals surface area contributed by atoms with E-state index in [1.54, 1.807) is 6.07 Å². The topological polar surface area (TPSA) is 87.5 Å². The first-order chi connectivity index (χ1) is 11.3. The van der Waals surface area contributed by atoms with Crippen LogP contribution < -0.4 is 4.74 Å². The van der Waals surface area contributed by atoms with E-state index in [-0.39, 0.29) is 32.0 Å². The minimum absolute atomic E-state index is 0.0492. The van der Waals surface area contributed by atoms with E-state index in [2.05, 4.69) is 15.9 Å². The number of hydrogen-bond acceptors (Lipinski definition) is 5. The number of benzene rings is 2. The van der Waals surface area contributed by atoms with Gasteiger partial charge in [0.2, 0.25) is 0 Å². The molecule has 0 saturated carbocycles. The van der Waals surface area contributed by atoms with Gasteiger partial charge in [-0.3, -0.25) is 4.79 Å². The minimum atomic E-state index is -3.87. The Labute approximate surface area is 145 Å². The van der Waals surface area contributed by atoms with Crippen LogP contribution in [-0.4, -0.2) is 25.7 Å². The molecule has 0 fully saturated rings. The van der Waals surface area contributed by atoms with Crippen molar-refractivity contribution in [2.24, 2.45) is 0 Å². The maximum Gasteiger partial charge on any atom is 0.270 e. The van der Waals surface area contributed by atoms with Crippen LogP contribution in [0, 0.1) is 17.1 Å². The summed E-state index contributed by atoms with van der Waals surface area (Å²) in [6, 6.07) is 7.85. The van der Waals surface area contributed by atoms with Crippen LogP contribution in [0.15, 0.2) is 39.7 Å². The highest BCUT2D eigenvalue weighted by Gasteiger charge is 2.41. The molecule has 0 bridgehead atoms. The van der Waals surface area contributed by atoms with E-state index >= 15 is 0 Å². The summed E-state index contributed by atoms with van der Waals surface area (Å²) in [4.78, 5) is 12.0. The van der Waals surface area contributed by atoms with E-state index in [0.717, 1.165) is 19.2 Å². The molecule has 122 valence electrons. The number of amides is 1. The third-order valence-corrected chi connectivity index (χ3v) is 6.01. The first-order valence-electron chi connectivity index (χ1n) is 6.50. The number of sulfonamides is 1. The summed E-state index contributed by atoms with van der Waals surface area (Å²) < 4.78 is 44.0. The van der Waals surface area contributed by atoms with Gasteiger partial charge in [-0.2, -0.15) is 5.26 Å². The van der Waals surface area contributed by atoms with Gasteiger partial charge in [-0.1, -0.05) is 0 Å². The first-order valence-corrected chi connectivity index (χ1v) is 8.73. The smallest absolute Gasteiger partial charge is 0.270 e. The van der Waals surface area contributed by atoms with E-state index < -0.39 is 21.7 Å². The van der Waals surface area contributed by atoms with Gasteiger partial charge in [0.15, 0.2) is 0 Å². The molecule has 0 unspecified atom stereocenters. The Bertz CT molecular complexity index is 1030. The summed E-state index contributed by atoms with van der Waals surface area (Å²) in [5.41, 5.74) is 0.0209. The maximum atomic E-state index is 13.5. The molecule has 1 aliphatic rings. The number of carbonyl (C=O) groups excluding carboxylic acids is 1. The van der Waals surface area contributed by atoms with Gasteiger partial charge in [-0.25, -0.2) is 17.1 Å². The Morgan fingerprint density at radius 1 is 1.29 bits per heavy atom. The van der Waals surface area contributed by atoms with Crippen LogP contribution in [0.25, 0.3) is 0 Å². The van der Waals surface area contributed by atoms with Crippen molar-refractivity contribution in [3.05, 3.63) is 51.7 Å². The van der Waals surface area contributed by atoms with E-state index in [9.17, 15) is 17.6 Å². The average molecular weight is 411 g/mol. The normalized spacial score (nSPS) is 15.1. The predicted octanol–water partition coefficient (Wildman–Crippen LogP) is 3.03. The Balaban J connectivity index is 2.09. The molecule has 0 aromatic heterocycles. The number of ether oxygens (including phenoxy) is 1. The molecule has 0 spiro atoms. The van der Waals surface area contributed by atoms with Crippen molar-refractivity contribution in [3.8, 4) is 17.6 Å². The third kappa shape index (κ3) is 2.44. The minimum Gasteiger partial charge on any atom is -0.456 e. The van der Waals surface area contributed by atoms with Gasteiger partial charge >= 0.3 is 0 Å². The van der Waals surface area contributed by atoms with Crippen molar-refractivity contribution in [2.75, 3.05) is 7.05 Å². The van der Waals surface area contributed by atoms with Crippen LogP contribution in [0.4, 0.5) is 4.39 Å². The SMILES string of the molecule is CN1C(=O)c2c(ccc(Oc3cc(F)cc(C#N)c3)c2Br)S1(=O)=O. The molecule has 2 aromatic carbocycles. The van der Waals surface area contributed by atoms with Crippen molar-refractivity contribution in [2.45, 2.75) is 4.90 Å². The summed E-state index contributed by atoms with van der Waals surface area (Å²) >= 11 is 3.17. The highest BCUT2D eigenvalue weighted by atomic mass is 79.9. The molecule has 0 N–H and O–H groups in total. The summed E-state index contributed by atoms with van der Waals surface area (Å²) in [5.74, 6) is -1.17. The number of hydrogen-bond donors (Lipinski definition) is 0. The molecule has 9 heteroatoms. The largest absolute Gasteiger partial charge is 0.456 e. The molecular weight excluding hydrogens is 403 g/mol. The summed E-state index contributed by atoms with van der Waals surface area (Å²) in [6.45, 7) is 0. The lowest BCUT2D eigenvalue weighted by molar-refractivity contribution is 0.0890. The fraction of sp³-hybridized carbons (Fsp3) is 0.0667. The molecule has 24 heavy (non-hydrogen) atoms. The van der Waals surface area contributed by atoms with Crippen molar-refractivity contribution in [3.63, 3.8) is 0 Å². The Morgan fingerprint density at radius 2 is 2.00 bits per heavy atom. The fourth-order valence-corrected chi connectivity index (χ4v) is 4.28. The molecule has 1 heterocycles. The van der Waals surface area contributed by atoms with Crippen LogP contribution in [0.3, 0.4) is 0 Å². The highest BCUT2D eigenvalue weighted by molar-refractivity contribution is 9.10. The zero-order valence-corrected chi connectivity index (χ0v) is 14.5. The van der Waals surface area contributed by atoms with Gasteiger partial charge in [-0.15, -0.1) is 0 Å². The van der Waals surface area contributed by atoms with E-state index in [1.807, 2.05) is 0 Å². The molecule has 2 aromatic rings. The van der Waals surface area contributed by atoms with Crippen molar-refractivity contribution in [1.82, 2.24) is 4.31 Å². The lowest BCUT2D eigenvalue weighted by Gasteiger charge is -2.10. The Morgan fingerprint density at radius 3 is 2.67 bits per heavy atom. The quantitative estimate of drug-likeness (QED) is 0.758. The van der Waals surface area contributed by atoms with Gasteiger partial charge in [0.1, 0.15) is 22.2 Å². The Hall–Kier alpha value is -2.44. The van der Waals surface area contributed by atoms with Crippen molar-refractivity contribution >= 4 is 31.9 Å². The van der Waals surface area contributed by atoms with Crippen LogP contribution >= 0.6 is 15.9 Å². The number of nitrogens with zero attached hydrogens (tertiary/aromatic N) is 2. The monoisotopic (exact) mass is 410 g/mol. The highest BCUT2D eigenvalue weighted by Crippen LogP contribution is 2.41. The molecule has 0 atom stereocenters. The molecule has 3 rings (SSSR count). The standard InChI is InChI=1S/C15H8BrFN2O4S/c1-19-15(20)13-12(24(19,21)22)3-2-11(14(13)16)23-10-5-8(7-18)4-9(17)6-10/h2-6H,1H3. The molecule has 0 aliphatic carbocycles. The molecular formula is C15H8BrFN2O4S. The third-order valence-electron chi connectivity index (χ3n) is 3.43. The predicted molar refractivity (Wildman–Crippen MR) is 84.6 cm³/mol. The molecule has 6 nitrogen and oxygen atoms in total. The number of fused-ring (bicyclic) bond motifs is 1. The zero-order valence-electron chi connectivity index (χ0n) is 12.1. The summed E-state index contributed by atoms with van der Waals surface area (Å²) in [6.07, 6.45) is 0. The van der Waals surface area contributed by atoms with Gasteiger partial charge in [0.25, 0.3) is 15.9 Å². The molecule has 0 radical (unpaired) electrons. The van der Waals surface area contributed by atoms with E-state index in [0.29, 0.717) is 4.31 Å².